The first-order chi connectivity index (χ1) is 8.97. The molecular formula is C12H21O6P. The van der Waals surface area contributed by atoms with Crippen molar-refractivity contribution in [1.29, 1.82) is 0 Å². The van der Waals surface area contributed by atoms with Gasteiger partial charge in [-0.15, -0.1) is 0 Å². The van der Waals surface area contributed by atoms with E-state index in [2.05, 4.69) is 13.8 Å². The molecule has 0 radical (unpaired) electrons. The Morgan fingerprint density at radius 1 is 1.11 bits per heavy atom. The summed E-state index contributed by atoms with van der Waals surface area (Å²) >= 11 is 0. The molecule has 0 fully saturated rings. The third kappa shape index (κ3) is 8.70. The van der Waals surface area contributed by atoms with Crippen molar-refractivity contribution < 1.29 is 27.9 Å². The fourth-order valence-electron chi connectivity index (χ4n) is 1.28. The topological polar surface area (TPSA) is 78.9 Å². The highest BCUT2D eigenvalue weighted by Gasteiger charge is 2.24. The first kappa shape index (κ1) is 18.0. The molecule has 0 aliphatic carbocycles. The number of ether oxygens (including phenoxy) is 1. The van der Waals surface area contributed by atoms with E-state index in [1.807, 2.05) is 6.08 Å². The summed E-state index contributed by atoms with van der Waals surface area (Å²) in [6.45, 7) is 0. The van der Waals surface area contributed by atoms with E-state index in [9.17, 15) is 14.2 Å². The summed E-state index contributed by atoms with van der Waals surface area (Å²) in [6.07, 6.45) is 5.17. The molecule has 0 amide bonds. The van der Waals surface area contributed by atoms with Gasteiger partial charge in [0.25, 0.3) is 0 Å². The lowest BCUT2D eigenvalue weighted by molar-refractivity contribution is -0.140. The number of hydrogen-bond donors (Lipinski definition) is 0. The van der Waals surface area contributed by atoms with Crippen LogP contribution in [0.1, 0.15) is 25.7 Å². The second-order valence-corrected chi connectivity index (χ2v) is 6.09. The van der Waals surface area contributed by atoms with Crippen molar-refractivity contribution >= 4 is 19.3 Å². The maximum Gasteiger partial charge on any atom is 0.337 e. The van der Waals surface area contributed by atoms with Crippen molar-refractivity contribution in [1.82, 2.24) is 0 Å². The number of methoxy groups -OCH3 is 1. The first-order valence-electron chi connectivity index (χ1n) is 5.91. The lowest BCUT2D eigenvalue weighted by Gasteiger charge is -2.11. The Morgan fingerprint density at radius 2 is 1.74 bits per heavy atom. The maximum atomic E-state index is 11.7. The minimum atomic E-state index is -3.26. The molecule has 19 heavy (non-hydrogen) atoms. The number of esters is 1. The van der Waals surface area contributed by atoms with Gasteiger partial charge in [0, 0.05) is 27.1 Å². The molecule has 6 nitrogen and oxygen atoms in total. The average molecular weight is 292 g/mol. The van der Waals surface area contributed by atoms with E-state index in [4.69, 9.17) is 0 Å². The quantitative estimate of drug-likeness (QED) is 0.266. The Bertz CT molecular complexity index is 355. The van der Waals surface area contributed by atoms with Crippen molar-refractivity contribution in [2.75, 3.05) is 27.5 Å². The highest BCUT2D eigenvalue weighted by molar-refractivity contribution is 7.54. The molecule has 7 heteroatoms. The molecule has 0 saturated carbocycles. The normalized spacial score (nSPS) is 11.7. The van der Waals surface area contributed by atoms with E-state index < -0.39 is 7.60 Å². The summed E-state index contributed by atoms with van der Waals surface area (Å²) in [5.41, 5.74) is 0. The SMILES string of the molecule is COC(=O)CCC/C=C\CC(=O)CP(=O)(OC)OC. The highest BCUT2D eigenvalue weighted by Crippen LogP contribution is 2.46. The third-order valence-corrected chi connectivity index (χ3v) is 4.27. The van der Waals surface area contributed by atoms with Crippen molar-refractivity contribution in [2.24, 2.45) is 0 Å². The molecule has 0 heterocycles. The Hall–Kier alpha value is -0.970. The maximum absolute atomic E-state index is 11.7. The van der Waals surface area contributed by atoms with E-state index in [0.717, 1.165) is 0 Å². The van der Waals surface area contributed by atoms with Gasteiger partial charge < -0.3 is 13.8 Å². The molecular weight excluding hydrogens is 271 g/mol. The predicted molar refractivity (Wildman–Crippen MR) is 71.1 cm³/mol. The van der Waals surface area contributed by atoms with Gasteiger partial charge in [-0.2, -0.15) is 0 Å². The second-order valence-electron chi connectivity index (χ2n) is 3.82. The number of ketones is 1. The number of allylic oxidation sites excluding steroid dienone is 2. The van der Waals surface area contributed by atoms with E-state index in [1.165, 1.54) is 21.3 Å². The smallest absolute Gasteiger partial charge is 0.337 e. The molecule has 0 aromatic heterocycles. The fraction of sp³-hybridized carbons (Fsp3) is 0.667. The van der Waals surface area contributed by atoms with Gasteiger partial charge in [0.1, 0.15) is 11.9 Å². The Labute approximate surface area is 113 Å². The van der Waals surface area contributed by atoms with Gasteiger partial charge in [-0.3, -0.25) is 14.2 Å². The summed E-state index contributed by atoms with van der Waals surface area (Å²) < 4.78 is 25.5. The van der Waals surface area contributed by atoms with Crippen LogP contribution in [0.3, 0.4) is 0 Å². The molecule has 0 saturated heterocycles. The zero-order chi connectivity index (χ0) is 14.7. The van der Waals surface area contributed by atoms with E-state index in [0.29, 0.717) is 19.3 Å². The van der Waals surface area contributed by atoms with Crippen molar-refractivity contribution in [2.45, 2.75) is 25.7 Å². The standard InChI is InChI=1S/C12H21O6P/c1-16-12(14)9-7-5-4-6-8-11(13)10-19(15,17-2)18-3/h4,6H,5,7-10H2,1-3H3/b6-4-. The Balaban J connectivity index is 3.85. The van der Waals surface area contributed by atoms with Crippen LogP contribution in [0, 0.1) is 0 Å². The van der Waals surface area contributed by atoms with Crippen LogP contribution >= 0.6 is 7.60 Å². The Kier molecular flexibility index (Phi) is 9.39. The summed E-state index contributed by atoms with van der Waals surface area (Å²) in [6, 6.07) is 0. The van der Waals surface area contributed by atoms with Crippen molar-refractivity contribution in [3.05, 3.63) is 12.2 Å². The summed E-state index contributed by atoms with van der Waals surface area (Å²) in [7, 11) is 0.588. The predicted octanol–water partition coefficient (Wildman–Crippen LogP) is 2.33. The van der Waals surface area contributed by atoms with Crippen LogP contribution in [0.15, 0.2) is 12.2 Å². The molecule has 0 aromatic carbocycles. The number of rotatable bonds is 10. The van der Waals surface area contributed by atoms with Gasteiger partial charge in [0.05, 0.1) is 7.11 Å². The molecule has 0 aliphatic heterocycles. The van der Waals surface area contributed by atoms with Gasteiger partial charge >= 0.3 is 13.6 Å². The molecule has 0 atom stereocenters. The molecule has 0 unspecified atom stereocenters. The van der Waals surface area contributed by atoms with E-state index in [1.54, 1.807) is 6.08 Å². The van der Waals surface area contributed by atoms with Crippen LogP contribution in [-0.4, -0.2) is 39.2 Å². The molecule has 0 aromatic rings. The monoisotopic (exact) mass is 292 g/mol. The summed E-state index contributed by atoms with van der Waals surface area (Å²) in [4.78, 5) is 22.3. The van der Waals surface area contributed by atoms with E-state index in [-0.39, 0.29) is 24.3 Å². The van der Waals surface area contributed by atoms with Crippen molar-refractivity contribution in [3.8, 4) is 0 Å². The van der Waals surface area contributed by atoms with Crippen LogP contribution < -0.4 is 0 Å². The molecule has 110 valence electrons. The van der Waals surface area contributed by atoms with Crippen LogP contribution in [0.5, 0.6) is 0 Å². The molecule has 0 spiro atoms. The molecule has 0 aliphatic rings. The van der Waals surface area contributed by atoms with Gasteiger partial charge in [0.15, 0.2) is 0 Å². The van der Waals surface area contributed by atoms with Gasteiger partial charge in [-0.25, -0.2) is 0 Å². The average Bonchev–Trinajstić information content (AvgIpc) is 2.42. The third-order valence-electron chi connectivity index (χ3n) is 2.42. The van der Waals surface area contributed by atoms with Gasteiger partial charge in [-0.1, -0.05) is 12.2 Å². The van der Waals surface area contributed by atoms with E-state index >= 15 is 0 Å². The van der Waals surface area contributed by atoms with Crippen molar-refractivity contribution in [3.63, 3.8) is 0 Å². The summed E-state index contributed by atoms with van der Waals surface area (Å²) in [5, 5.41) is 0. The zero-order valence-electron chi connectivity index (χ0n) is 11.6. The van der Waals surface area contributed by atoms with Gasteiger partial charge in [-0.05, 0) is 12.8 Å². The number of unbranched alkanes of at least 4 members (excludes halogenated alkanes) is 1. The van der Waals surface area contributed by atoms with Crippen LogP contribution in [-0.2, 0) is 27.9 Å². The summed E-state index contributed by atoms with van der Waals surface area (Å²) in [5.74, 6) is -0.457. The molecule has 0 bridgehead atoms. The first-order valence-corrected chi connectivity index (χ1v) is 7.64. The van der Waals surface area contributed by atoms with Crippen LogP contribution in [0.2, 0.25) is 0 Å². The van der Waals surface area contributed by atoms with Crippen LogP contribution in [0.4, 0.5) is 0 Å². The Morgan fingerprint density at radius 3 is 2.26 bits per heavy atom. The molecule has 0 rings (SSSR count). The number of carbonyl (C=O) groups is 2. The second kappa shape index (κ2) is 9.89. The zero-order valence-corrected chi connectivity index (χ0v) is 12.5. The number of Topliss-reactive ketones (excluding diaryl/α,β-unsaturated/α-hetero) is 1. The number of hydrogen-bond acceptors (Lipinski definition) is 6. The molecule has 0 N–H and O–H groups in total. The largest absolute Gasteiger partial charge is 0.469 e. The lowest BCUT2D eigenvalue weighted by Crippen LogP contribution is -2.06. The lowest BCUT2D eigenvalue weighted by atomic mass is 10.2. The highest BCUT2D eigenvalue weighted by atomic mass is 31.2. The van der Waals surface area contributed by atoms with Crippen LogP contribution in [0.25, 0.3) is 0 Å². The number of carbonyl (C=O) groups excluding carboxylic acids is 2. The fourth-order valence-corrected chi connectivity index (χ4v) is 2.25. The minimum absolute atomic E-state index is 0.176. The minimum Gasteiger partial charge on any atom is -0.469 e. The van der Waals surface area contributed by atoms with Gasteiger partial charge in [0.2, 0.25) is 0 Å².